The minimum Gasteiger partial charge on any atom is -0.426 e. The van der Waals surface area contributed by atoms with E-state index in [2.05, 4.69) is 37.5 Å². The van der Waals surface area contributed by atoms with E-state index >= 15 is 0 Å². The van der Waals surface area contributed by atoms with Gasteiger partial charge in [0.15, 0.2) is 0 Å². The van der Waals surface area contributed by atoms with Gasteiger partial charge in [0.1, 0.15) is 11.5 Å². The SMILES string of the molecule is C=C(C)C(=O)Oc1ccc(Nc2nc(Nc3ccccc3)nc(Nc3ccc(OC(=O)C(C)(C)C)cc3)n2)cc1. The molecule has 40 heavy (non-hydrogen) atoms. The molecule has 3 N–H and O–H groups in total. The van der Waals surface area contributed by atoms with Crippen LogP contribution < -0.4 is 25.4 Å². The van der Waals surface area contributed by atoms with E-state index in [4.69, 9.17) is 9.47 Å². The molecule has 0 saturated carbocycles. The van der Waals surface area contributed by atoms with Gasteiger partial charge in [-0.15, -0.1) is 0 Å². The van der Waals surface area contributed by atoms with Gasteiger partial charge in [-0.1, -0.05) is 24.8 Å². The lowest BCUT2D eigenvalue weighted by atomic mass is 9.97. The van der Waals surface area contributed by atoms with Gasteiger partial charge >= 0.3 is 11.9 Å². The molecule has 0 saturated heterocycles. The number of rotatable bonds is 9. The second kappa shape index (κ2) is 12.1. The average Bonchev–Trinajstić information content (AvgIpc) is 2.91. The highest BCUT2D eigenvalue weighted by Crippen LogP contribution is 2.25. The molecule has 0 aliphatic heterocycles. The van der Waals surface area contributed by atoms with Gasteiger partial charge in [0.2, 0.25) is 17.8 Å². The fourth-order valence-corrected chi connectivity index (χ4v) is 3.12. The maximum atomic E-state index is 12.2. The van der Waals surface area contributed by atoms with Gasteiger partial charge in [0, 0.05) is 22.6 Å². The smallest absolute Gasteiger partial charge is 0.338 e. The summed E-state index contributed by atoms with van der Waals surface area (Å²) in [6.07, 6.45) is 0. The molecule has 4 rings (SSSR count). The number of hydrogen-bond donors (Lipinski definition) is 3. The fourth-order valence-electron chi connectivity index (χ4n) is 3.12. The van der Waals surface area contributed by atoms with Gasteiger partial charge in [-0.3, -0.25) is 4.79 Å². The van der Waals surface area contributed by atoms with Crippen molar-refractivity contribution in [3.8, 4) is 11.5 Å². The molecule has 0 spiro atoms. The Hall–Kier alpha value is -5.25. The second-order valence-electron chi connectivity index (χ2n) is 9.91. The van der Waals surface area contributed by atoms with E-state index in [1.165, 1.54) is 0 Å². The predicted octanol–water partition coefficient (Wildman–Crippen LogP) is 6.54. The van der Waals surface area contributed by atoms with Gasteiger partial charge < -0.3 is 25.4 Å². The maximum absolute atomic E-state index is 12.2. The molecule has 0 amide bonds. The Bertz CT molecular complexity index is 1500. The molecule has 4 aromatic rings. The number of hydrogen-bond acceptors (Lipinski definition) is 10. The van der Waals surface area contributed by atoms with E-state index in [1.54, 1.807) is 76.2 Å². The number of carbonyl (C=O) groups is 2. The number of aromatic nitrogens is 3. The van der Waals surface area contributed by atoms with Crippen LogP contribution in [0.25, 0.3) is 0 Å². The van der Waals surface area contributed by atoms with Gasteiger partial charge in [0.05, 0.1) is 5.41 Å². The van der Waals surface area contributed by atoms with Crippen molar-refractivity contribution in [3.63, 3.8) is 0 Å². The van der Waals surface area contributed by atoms with E-state index in [0.29, 0.717) is 34.4 Å². The topological polar surface area (TPSA) is 127 Å². The molecular weight excluding hydrogens is 508 g/mol. The van der Waals surface area contributed by atoms with Gasteiger partial charge in [-0.05, 0) is 88.4 Å². The van der Waals surface area contributed by atoms with Crippen LogP contribution in [0.1, 0.15) is 27.7 Å². The van der Waals surface area contributed by atoms with Crippen molar-refractivity contribution in [1.82, 2.24) is 15.0 Å². The molecule has 0 radical (unpaired) electrons. The minimum absolute atomic E-state index is 0.276. The summed E-state index contributed by atoms with van der Waals surface area (Å²) in [5, 5.41) is 9.48. The summed E-state index contributed by atoms with van der Waals surface area (Å²) in [6, 6.07) is 23.2. The Labute approximate surface area is 232 Å². The maximum Gasteiger partial charge on any atom is 0.338 e. The zero-order valence-electron chi connectivity index (χ0n) is 22.7. The number of ether oxygens (including phenoxy) is 2. The molecule has 0 fully saturated rings. The Morgan fingerprint density at radius 1 is 0.650 bits per heavy atom. The highest BCUT2D eigenvalue weighted by atomic mass is 16.5. The van der Waals surface area contributed by atoms with Gasteiger partial charge in [0.25, 0.3) is 0 Å². The Morgan fingerprint density at radius 3 is 1.45 bits per heavy atom. The normalized spacial score (nSPS) is 10.8. The molecular formula is C30H30N6O4. The van der Waals surface area contributed by atoms with Crippen molar-refractivity contribution in [2.24, 2.45) is 5.41 Å². The van der Waals surface area contributed by atoms with Crippen molar-refractivity contribution in [1.29, 1.82) is 0 Å². The first-order chi connectivity index (χ1) is 19.0. The monoisotopic (exact) mass is 538 g/mol. The van der Waals surface area contributed by atoms with E-state index < -0.39 is 11.4 Å². The summed E-state index contributed by atoms with van der Waals surface area (Å²) in [6.45, 7) is 10.6. The van der Waals surface area contributed by atoms with Crippen molar-refractivity contribution in [2.45, 2.75) is 27.7 Å². The Morgan fingerprint density at radius 2 is 1.05 bits per heavy atom. The number of benzene rings is 3. The third-order valence-corrected chi connectivity index (χ3v) is 5.27. The second-order valence-corrected chi connectivity index (χ2v) is 9.91. The third kappa shape index (κ3) is 7.87. The number of anilines is 6. The lowest BCUT2D eigenvalue weighted by Crippen LogP contribution is -2.25. The molecule has 1 heterocycles. The van der Waals surface area contributed by atoms with Crippen LogP contribution in [0.3, 0.4) is 0 Å². The van der Waals surface area contributed by atoms with Crippen LogP contribution in [0.4, 0.5) is 34.9 Å². The van der Waals surface area contributed by atoms with Crippen molar-refractivity contribution in [2.75, 3.05) is 16.0 Å². The van der Waals surface area contributed by atoms with Crippen LogP contribution in [0, 0.1) is 5.41 Å². The molecule has 0 aliphatic carbocycles. The lowest BCUT2D eigenvalue weighted by molar-refractivity contribution is -0.143. The quantitative estimate of drug-likeness (QED) is 0.123. The molecule has 10 heteroatoms. The molecule has 0 atom stereocenters. The summed E-state index contributed by atoms with van der Waals surface area (Å²) in [4.78, 5) is 37.4. The average molecular weight is 539 g/mol. The predicted molar refractivity (Wildman–Crippen MR) is 155 cm³/mol. The lowest BCUT2D eigenvalue weighted by Gasteiger charge is -2.16. The van der Waals surface area contributed by atoms with Crippen LogP contribution in [0.2, 0.25) is 0 Å². The minimum atomic E-state index is -0.608. The molecule has 0 bridgehead atoms. The first-order valence-corrected chi connectivity index (χ1v) is 12.5. The number of para-hydroxylation sites is 1. The molecule has 3 aromatic carbocycles. The van der Waals surface area contributed by atoms with Crippen molar-refractivity contribution in [3.05, 3.63) is 91.0 Å². The Kier molecular flexibility index (Phi) is 8.39. The van der Waals surface area contributed by atoms with Crippen LogP contribution >= 0.6 is 0 Å². The molecule has 1 aromatic heterocycles. The first-order valence-electron chi connectivity index (χ1n) is 12.5. The van der Waals surface area contributed by atoms with Crippen molar-refractivity contribution < 1.29 is 19.1 Å². The molecule has 204 valence electrons. The summed E-state index contributed by atoms with van der Waals surface area (Å²) in [7, 11) is 0. The number of nitrogens with one attached hydrogen (secondary N) is 3. The standard InChI is InChI=1S/C30H30N6O4/c1-19(2)25(37)39-23-15-11-21(12-16-23)32-28-34-27(31-20-9-7-6-8-10-20)35-29(36-28)33-22-13-17-24(18-14-22)40-26(38)30(3,4)5/h6-18H,1H2,2-5H3,(H3,31,32,33,34,35,36). The van der Waals surface area contributed by atoms with Crippen LogP contribution in [-0.4, -0.2) is 26.9 Å². The number of nitrogens with zero attached hydrogens (tertiary/aromatic N) is 3. The number of carbonyl (C=O) groups excluding carboxylic acids is 2. The zero-order valence-corrected chi connectivity index (χ0v) is 22.7. The van der Waals surface area contributed by atoms with Crippen LogP contribution in [-0.2, 0) is 9.59 Å². The van der Waals surface area contributed by atoms with E-state index in [0.717, 1.165) is 5.69 Å². The first kappa shape index (κ1) is 27.8. The summed E-state index contributed by atoms with van der Waals surface area (Å²) >= 11 is 0. The third-order valence-electron chi connectivity index (χ3n) is 5.27. The summed E-state index contributed by atoms with van der Waals surface area (Å²) in [5.74, 6) is 0.882. The summed E-state index contributed by atoms with van der Waals surface area (Å²) in [5.41, 5.74) is 1.86. The van der Waals surface area contributed by atoms with Gasteiger partial charge in [-0.25, -0.2) is 4.79 Å². The highest BCUT2D eigenvalue weighted by molar-refractivity contribution is 5.88. The molecule has 10 nitrogen and oxygen atoms in total. The Balaban J connectivity index is 1.54. The zero-order chi connectivity index (χ0) is 28.7. The molecule has 0 aliphatic rings. The van der Waals surface area contributed by atoms with Crippen LogP contribution in [0.5, 0.6) is 11.5 Å². The van der Waals surface area contributed by atoms with Crippen LogP contribution in [0.15, 0.2) is 91.0 Å². The largest absolute Gasteiger partial charge is 0.426 e. The van der Waals surface area contributed by atoms with E-state index in [9.17, 15) is 9.59 Å². The number of esters is 2. The molecule has 0 unspecified atom stereocenters. The van der Waals surface area contributed by atoms with E-state index in [1.807, 2.05) is 30.3 Å². The van der Waals surface area contributed by atoms with E-state index in [-0.39, 0.29) is 17.9 Å². The highest BCUT2D eigenvalue weighted by Gasteiger charge is 2.23. The van der Waals surface area contributed by atoms with Crippen molar-refractivity contribution >= 4 is 46.8 Å². The fraction of sp³-hybridized carbons (Fsp3) is 0.167. The summed E-state index contributed by atoms with van der Waals surface area (Å²) < 4.78 is 10.7. The van der Waals surface area contributed by atoms with Gasteiger partial charge in [-0.2, -0.15) is 15.0 Å².